The molecule has 1 fully saturated rings. The van der Waals surface area contributed by atoms with Gasteiger partial charge < -0.3 is 10.2 Å². The van der Waals surface area contributed by atoms with Crippen molar-refractivity contribution in [3.63, 3.8) is 0 Å². The van der Waals surface area contributed by atoms with E-state index in [1.807, 2.05) is 30.1 Å². The lowest BCUT2D eigenvalue weighted by molar-refractivity contribution is 0.212. The summed E-state index contributed by atoms with van der Waals surface area (Å²) in [6.07, 6.45) is 9.54. The molecule has 0 aromatic rings. The minimum absolute atomic E-state index is 0.0123. The zero-order chi connectivity index (χ0) is 9.52. The van der Waals surface area contributed by atoms with Crippen LogP contribution in [0, 0.1) is 0 Å². The molecule has 0 unspecified atom stereocenters. The summed E-state index contributed by atoms with van der Waals surface area (Å²) in [6, 6.07) is 0.0123. The topological polar surface area (TPSA) is 32.3 Å². The molecule has 1 aliphatic rings. The van der Waals surface area contributed by atoms with E-state index in [2.05, 4.69) is 5.32 Å². The molecule has 0 radical (unpaired) electrons. The Morgan fingerprint density at radius 1 is 1.31 bits per heavy atom. The molecule has 3 heteroatoms. The third-order valence-corrected chi connectivity index (χ3v) is 2.00. The monoisotopic (exact) mass is 180 g/mol. The van der Waals surface area contributed by atoms with Crippen LogP contribution in [0.4, 0.5) is 4.79 Å². The average Bonchev–Trinajstić information content (AvgIpc) is 2.65. The van der Waals surface area contributed by atoms with E-state index >= 15 is 0 Å². The van der Waals surface area contributed by atoms with Crippen LogP contribution in [-0.4, -0.2) is 24.0 Å². The molecule has 1 saturated heterocycles. The van der Waals surface area contributed by atoms with Gasteiger partial charge in [0, 0.05) is 19.3 Å². The lowest BCUT2D eigenvalue weighted by Gasteiger charge is -2.13. The first-order chi connectivity index (χ1) is 6.34. The summed E-state index contributed by atoms with van der Waals surface area (Å²) in [7, 11) is 0. The van der Waals surface area contributed by atoms with Crippen molar-refractivity contribution in [3.8, 4) is 0 Å². The van der Waals surface area contributed by atoms with Crippen molar-refractivity contribution in [1.82, 2.24) is 10.2 Å². The van der Waals surface area contributed by atoms with Crippen LogP contribution in [0.1, 0.15) is 19.8 Å². The van der Waals surface area contributed by atoms with E-state index in [1.165, 1.54) is 0 Å². The second kappa shape index (κ2) is 5.41. The Labute approximate surface area is 79.1 Å². The molecule has 1 aliphatic heterocycles. The average molecular weight is 180 g/mol. The van der Waals surface area contributed by atoms with Gasteiger partial charge in [0.2, 0.25) is 0 Å². The summed E-state index contributed by atoms with van der Waals surface area (Å²) >= 11 is 0. The fraction of sp³-hybridized carbons (Fsp3) is 0.500. The molecular formula is C10H16N2O. The molecule has 0 atom stereocenters. The van der Waals surface area contributed by atoms with Crippen molar-refractivity contribution in [2.24, 2.45) is 0 Å². The predicted molar refractivity (Wildman–Crippen MR) is 53.3 cm³/mol. The smallest absolute Gasteiger partial charge is 0.321 e. The third-order valence-electron chi connectivity index (χ3n) is 2.00. The van der Waals surface area contributed by atoms with Gasteiger partial charge in [-0.15, -0.1) is 0 Å². The highest BCUT2D eigenvalue weighted by Crippen LogP contribution is 2.06. The largest absolute Gasteiger partial charge is 0.325 e. The number of rotatable bonds is 2. The van der Waals surface area contributed by atoms with Crippen LogP contribution >= 0.6 is 0 Å². The number of likely N-dealkylation sites (tertiary alicyclic amines) is 1. The molecule has 0 aliphatic carbocycles. The number of amides is 2. The highest BCUT2D eigenvalue weighted by atomic mass is 16.2. The molecule has 0 aromatic carbocycles. The quantitative estimate of drug-likeness (QED) is 0.646. The van der Waals surface area contributed by atoms with Crippen molar-refractivity contribution >= 4 is 6.03 Å². The van der Waals surface area contributed by atoms with Gasteiger partial charge in [0.15, 0.2) is 0 Å². The summed E-state index contributed by atoms with van der Waals surface area (Å²) in [6.45, 7) is 3.72. The minimum Gasteiger partial charge on any atom is -0.325 e. The minimum atomic E-state index is 0.0123. The van der Waals surface area contributed by atoms with Crippen LogP contribution in [0.3, 0.4) is 0 Å². The Morgan fingerprint density at radius 2 is 2.00 bits per heavy atom. The molecule has 2 amide bonds. The van der Waals surface area contributed by atoms with Gasteiger partial charge in [-0.05, 0) is 25.8 Å². The maximum absolute atomic E-state index is 11.3. The second-order valence-corrected chi connectivity index (χ2v) is 3.03. The molecule has 0 aromatic heterocycles. The highest BCUT2D eigenvalue weighted by Gasteiger charge is 2.15. The summed E-state index contributed by atoms with van der Waals surface area (Å²) < 4.78 is 0. The zero-order valence-corrected chi connectivity index (χ0v) is 7.99. The highest BCUT2D eigenvalue weighted by molar-refractivity contribution is 5.75. The molecule has 0 bridgehead atoms. The van der Waals surface area contributed by atoms with Crippen molar-refractivity contribution < 1.29 is 4.79 Å². The van der Waals surface area contributed by atoms with E-state index in [0.29, 0.717) is 0 Å². The zero-order valence-electron chi connectivity index (χ0n) is 7.99. The van der Waals surface area contributed by atoms with Gasteiger partial charge in [-0.3, -0.25) is 0 Å². The number of hydrogen-bond acceptors (Lipinski definition) is 1. The van der Waals surface area contributed by atoms with E-state index in [0.717, 1.165) is 25.9 Å². The van der Waals surface area contributed by atoms with Gasteiger partial charge in [0.1, 0.15) is 0 Å². The number of nitrogens with one attached hydrogen (secondary N) is 1. The van der Waals surface area contributed by atoms with E-state index in [-0.39, 0.29) is 6.03 Å². The van der Waals surface area contributed by atoms with Gasteiger partial charge in [0.05, 0.1) is 0 Å². The Hall–Kier alpha value is -1.25. The molecule has 0 spiro atoms. The first-order valence-corrected chi connectivity index (χ1v) is 4.68. The first-order valence-electron chi connectivity index (χ1n) is 4.68. The van der Waals surface area contributed by atoms with Crippen LogP contribution in [0.5, 0.6) is 0 Å². The number of hydrogen-bond donors (Lipinski definition) is 1. The predicted octanol–water partition coefficient (Wildman–Crippen LogP) is 1.88. The Bertz CT molecular complexity index is 215. The fourth-order valence-corrected chi connectivity index (χ4v) is 1.30. The first kappa shape index (κ1) is 9.84. The van der Waals surface area contributed by atoms with E-state index in [9.17, 15) is 4.79 Å². The van der Waals surface area contributed by atoms with Crippen LogP contribution < -0.4 is 5.32 Å². The van der Waals surface area contributed by atoms with Crippen molar-refractivity contribution in [2.75, 3.05) is 13.1 Å². The number of allylic oxidation sites excluding steroid dienone is 3. The van der Waals surface area contributed by atoms with E-state index < -0.39 is 0 Å². The van der Waals surface area contributed by atoms with Crippen molar-refractivity contribution in [2.45, 2.75) is 19.8 Å². The van der Waals surface area contributed by atoms with Gasteiger partial charge >= 0.3 is 6.03 Å². The molecular weight excluding hydrogens is 164 g/mol. The van der Waals surface area contributed by atoms with E-state index in [1.54, 1.807) is 6.20 Å². The summed E-state index contributed by atoms with van der Waals surface area (Å²) in [5.41, 5.74) is 0. The molecule has 0 saturated carbocycles. The summed E-state index contributed by atoms with van der Waals surface area (Å²) in [5.74, 6) is 0. The second-order valence-electron chi connectivity index (χ2n) is 3.03. The standard InChI is InChI=1S/C10H16N2O/c1-2-3-4-7-11-10(13)12-8-5-6-9-12/h2-4,7H,5-6,8-9H2,1H3,(H,11,13)/b3-2-,7-4+. The molecule has 1 heterocycles. The molecule has 1 N–H and O–H groups in total. The maximum Gasteiger partial charge on any atom is 0.321 e. The van der Waals surface area contributed by atoms with Crippen LogP contribution in [-0.2, 0) is 0 Å². The molecule has 3 nitrogen and oxygen atoms in total. The SMILES string of the molecule is C/C=C\C=C\NC(=O)N1CCCC1. The number of carbonyl (C=O) groups is 1. The molecule has 1 rings (SSSR count). The van der Waals surface area contributed by atoms with Crippen LogP contribution in [0.2, 0.25) is 0 Å². The lowest BCUT2D eigenvalue weighted by atomic mass is 10.4. The maximum atomic E-state index is 11.3. The normalized spacial score (nSPS) is 17.5. The summed E-state index contributed by atoms with van der Waals surface area (Å²) in [5, 5.41) is 2.71. The molecule has 72 valence electrons. The Balaban J connectivity index is 2.24. The lowest BCUT2D eigenvalue weighted by Crippen LogP contribution is -2.34. The fourth-order valence-electron chi connectivity index (χ4n) is 1.30. The molecule has 13 heavy (non-hydrogen) atoms. The number of urea groups is 1. The van der Waals surface area contributed by atoms with Crippen molar-refractivity contribution in [1.29, 1.82) is 0 Å². The van der Waals surface area contributed by atoms with Gasteiger partial charge in [0.25, 0.3) is 0 Å². The Kier molecular flexibility index (Phi) is 4.09. The third kappa shape index (κ3) is 3.32. The van der Waals surface area contributed by atoms with Crippen LogP contribution in [0.15, 0.2) is 24.4 Å². The van der Waals surface area contributed by atoms with Gasteiger partial charge in [-0.25, -0.2) is 4.79 Å². The van der Waals surface area contributed by atoms with Crippen molar-refractivity contribution in [3.05, 3.63) is 24.4 Å². The van der Waals surface area contributed by atoms with E-state index in [4.69, 9.17) is 0 Å². The Morgan fingerprint density at radius 3 is 2.62 bits per heavy atom. The van der Waals surface area contributed by atoms with Gasteiger partial charge in [-0.2, -0.15) is 0 Å². The van der Waals surface area contributed by atoms with Crippen LogP contribution in [0.25, 0.3) is 0 Å². The summed E-state index contributed by atoms with van der Waals surface area (Å²) in [4.78, 5) is 13.2. The number of carbonyl (C=O) groups excluding carboxylic acids is 1. The van der Waals surface area contributed by atoms with Gasteiger partial charge in [-0.1, -0.05) is 12.2 Å². The number of nitrogens with zero attached hydrogens (tertiary/aromatic N) is 1.